The Hall–Kier alpha value is -4.95. The molecule has 60 heavy (non-hydrogen) atoms. The first-order valence-corrected chi connectivity index (χ1v) is 22.3. The predicted octanol–water partition coefficient (Wildman–Crippen LogP) is 15.6. The van der Waals surface area contributed by atoms with E-state index in [0.717, 1.165) is 22.4 Å². The van der Waals surface area contributed by atoms with Crippen LogP contribution in [0.4, 0.5) is 0 Å². The molecule has 2 aliphatic heterocycles. The van der Waals surface area contributed by atoms with Crippen LogP contribution < -0.4 is 9.47 Å². The average molecular weight is 793 g/mol. The monoisotopic (exact) mass is 793 g/mol. The molecule has 4 radical (unpaired) electrons. The Bertz CT molecular complexity index is 2600. The molecule has 0 N–H and O–H groups in total. The second-order valence-electron chi connectivity index (χ2n) is 16.7. The fourth-order valence-electron chi connectivity index (χ4n) is 9.27. The third-order valence-corrected chi connectivity index (χ3v) is 11.7. The van der Waals surface area contributed by atoms with Crippen LogP contribution in [-0.4, -0.2) is 26.7 Å². The molecule has 308 valence electrons. The highest BCUT2D eigenvalue weighted by atomic mass is 16.5. The first-order chi connectivity index (χ1) is 28.6. The number of hydrogen-bond acceptors (Lipinski definition) is 2. The molecule has 10 rings (SSSR count). The number of ether oxygens (including phenoxy) is 2. The lowest BCUT2D eigenvalue weighted by Gasteiger charge is -2.34. The van der Waals surface area contributed by atoms with Crippen molar-refractivity contribution in [1.29, 1.82) is 0 Å². The van der Waals surface area contributed by atoms with Crippen molar-refractivity contribution in [2.45, 2.75) is 133 Å². The molecule has 0 saturated carbocycles. The largest absolute Gasteiger partial charge is 0.493 e. The summed E-state index contributed by atoms with van der Waals surface area (Å²) in [6.07, 6.45) is 8.21. The molecular formula is C56H66B2O2. The Morgan fingerprint density at radius 2 is 0.817 bits per heavy atom. The van der Waals surface area contributed by atoms with Crippen molar-refractivity contribution < 1.29 is 9.47 Å². The number of rotatable bonds is 0. The summed E-state index contributed by atoms with van der Waals surface area (Å²) in [4.78, 5) is 0. The van der Waals surface area contributed by atoms with Gasteiger partial charge in [0.2, 0.25) is 0 Å². The standard InChI is InChI=1S/2C24H21BO.4C2H6/c1-14-9-10-18-19(13-14)23(2,3)21-20(18)16-8-6-5-7-15(16)17-11-12-24(4,25)26-22(17)21;1-14-9-10-17-19(13-14)23(2,3)21-18-11-12-24(4,25)26-22(18)16-8-6-5-7-15(16)20(17)21;4*1-2/h2*5-13H,1-4H3;4*1-2H3. The summed E-state index contributed by atoms with van der Waals surface area (Å²) in [5.41, 5.74) is 13.7. The van der Waals surface area contributed by atoms with Crippen LogP contribution in [0.25, 0.3) is 56.0 Å². The van der Waals surface area contributed by atoms with Gasteiger partial charge in [0, 0.05) is 32.9 Å². The van der Waals surface area contributed by atoms with Gasteiger partial charge in [-0.15, -0.1) is 0 Å². The summed E-state index contributed by atoms with van der Waals surface area (Å²) in [5, 5.41) is 4.87. The lowest BCUT2D eigenvalue weighted by Crippen LogP contribution is -2.33. The zero-order valence-corrected chi connectivity index (χ0v) is 39.4. The zero-order chi connectivity index (χ0) is 44.5. The first-order valence-electron chi connectivity index (χ1n) is 22.3. The van der Waals surface area contributed by atoms with Gasteiger partial charge in [0.05, 0.1) is 11.0 Å². The fraction of sp³-hybridized carbons (Fsp3) is 0.357. The molecule has 2 aliphatic carbocycles. The van der Waals surface area contributed by atoms with Crippen molar-refractivity contribution in [3.05, 3.63) is 142 Å². The summed E-state index contributed by atoms with van der Waals surface area (Å²) in [6.45, 7) is 33.3. The second-order valence-corrected chi connectivity index (χ2v) is 16.7. The van der Waals surface area contributed by atoms with Crippen LogP contribution in [0.1, 0.15) is 141 Å². The minimum Gasteiger partial charge on any atom is -0.493 e. The van der Waals surface area contributed by atoms with E-state index in [2.05, 4.69) is 139 Å². The van der Waals surface area contributed by atoms with E-state index >= 15 is 0 Å². The predicted molar refractivity (Wildman–Crippen MR) is 266 cm³/mol. The Morgan fingerprint density at radius 1 is 0.433 bits per heavy atom. The molecule has 2 unspecified atom stereocenters. The van der Waals surface area contributed by atoms with Gasteiger partial charge in [-0.05, 0) is 82.8 Å². The van der Waals surface area contributed by atoms with Crippen LogP contribution >= 0.6 is 0 Å². The maximum absolute atomic E-state index is 6.36. The molecule has 6 aromatic rings. The fourth-order valence-corrected chi connectivity index (χ4v) is 9.27. The maximum Gasteiger partial charge on any atom is 0.137 e. The minimum absolute atomic E-state index is 0.0825. The van der Waals surface area contributed by atoms with Crippen molar-refractivity contribution >= 4 is 49.4 Å². The first kappa shape index (κ1) is 46.1. The van der Waals surface area contributed by atoms with E-state index in [-0.39, 0.29) is 10.8 Å². The van der Waals surface area contributed by atoms with E-state index < -0.39 is 11.0 Å². The Morgan fingerprint density at radius 3 is 1.32 bits per heavy atom. The Kier molecular flexibility index (Phi) is 13.5. The van der Waals surface area contributed by atoms with Crippen LogP contribution in [0.15, 0.2) is 97.1 Å². The van der Waals surface area contributed by atoms with Crippen molar-refractivity contribution in [2.75, 3.05) is 0 Å². The van der Waals surface area contributed by atoms with Gasteiger partial charge in [0.1, 0.15) is 27.2 Å². The number of aryl methyl sites for hydroxylation is 2. The highest BCUT2D eigenvalue weighted by molar-refractivity contribution is 6.18. The summed E-state index contributed by atoms with van der Waals surface area (Å²) in [6, 6.07) is 30.7. The van der Waals surface area contributed by atoms with Crippen molar-refractivity contribution in [3.8, 4) is 33.8 Å². The van der Waals surface area contributed by atoms with Crippen molar-refractivity contribution in [3.63, 3.8) is 0 Å². The topological polar surface area (TPSA) is 18.5 Å². The summed E-state index contributed by atoms with van der Waals surface area (Å²) in [7, 11) is 12.6. The summed E-state index contributed by atoms with van der Waals surface area (Å²) in [5.74, 6) is 1.84. The molecule has 0 bridgehead atoms. The quantitative estimate of drug-likeness (QED) is 0.143. The molecular weight excluding hydrogens is 726 g/mol. The average Bonchev–Trinajstić information content (AvgIpc) is 3.63. The van der Waals surface area contributed by atoms with Gasteiger partial charge in [0.25, 0.3) is 0 Å². The summed E-state index contributed by atoms with van der Waals surface area (Å²) < 4.78 is 12.6. The molecule has 0 fully saturated rings. The molecule has 4 aliphatic rings. The lowest BCUT2D eigenvalue weighted by atomic mass is 9.76. The van der Waals surface area contributed by atoms with Gasteiger partial charge < -0.3 is 9.47 Å². The van der Waals surface area contributed by atoms with E-state index in [0.29, 0.717) is 0 Å². The minimum atomic E-state index is -0.788. The van der Waals surface area contributed by atoms with Gasteiger partial charge in [-0.25, -0.2) is 0 Å². The number of fused-ring (bicyclic) bond motifs is 16. The van der Waals surface area contributed by atoms with Crippen molar-refractivity contribution in [2.24, 2.45) is 0 Å². The normalized spacial score (nSPS) is 19.3. The molecule has 2 atom stereocenters. The van der Waals surface area contributed by atoms with E-state index in [1.54, 1.807) is 0 Å². The number of benzene rings is 6. The third kappa shape index (κ3) is 7.65. The second kappa shape index (κ2) is 17.6. The van der Waals surface area contributed by atoms with Crippen molar-refractivity contribution in [1.82, 2.24) is 0 Å². The molecule has 2 nitrogen and oxygen atoms in total. The Labute approximate surface area is 365 Å². The van der Waals surface area contributed by atoms with Crippen LogP contribution in [0, 0.1) is 13.8 Å². The molecule has 0 spiro atoms. The van der Waals surface area contributed by atoms with Gasteiger partial charge in [-0.3, -0.25) is 0 Å². The SMILES string of the molecule is CC.CC.CC.CC.[B]C1(C)C=Cc2c(c3c(c4ccccc24)-c2ccc(C)cc2C3(C)C)O1.[B]C1(C)C=Cc2c3c(c4ccccc4c2O1)-c1ccc(C)cc1C3(C)C. The lowest BCUT2D eigenvalue weighted by molar-refractivity contribution is 0.220. The molecule has 0 saturated heterocycles. The van der Waals surface area contributed by atoms with Crippen LogP contribution in [-0.2, 0) is 10.8 Å². The summed E-state index contributed by atoms with van der Waals surface area (Å²) >= 11 is 0. The molecule has 2 heterocycles. The molecule has 4 heteroatoms. The van der Waals surface area contributed by atoms with E-state index in [1.165, 1.54) is 77.4 Å². The van der Waals surface area contributed by atoms with Crippen LogP contribution in [0.3, 0.4) is 0 Å². The Balaban J connectivity index is 0.000000196. The highest BCUT2D eigenvalue weighted by Gasteiger charge is 2.43. The van der Waals surface area contributed by atoms with Gasteiger partial charge in [-0.1, -0.05) is 203 Å². The molecule has 0 aromatic heterocycles. The third-order valence-electron chi connectivity index (χ3n) is 11.7. The van der Waals surface area contributed by atoms with E-state index in [1.807, 2.05) is 81.4 Å². The van der Waals surface area contributed by atoms with E-state index in [9.17, 15) is 0 Å². The molecule has 0 amide bonds. The van der Waals surface area contributed by atoms with E-state index in [4.69, 9.17) is 25.2 Å². The van der Waals surface area contributed by atoms with Crippen LogP contribution in [0.5, 0.6) is 11.5 Å². The van der Waals surface area contributed by atoms with Gasteiger partial charge >= 0.3 is 0 Å². The zero-order valence-electron chi connectivity index (χ0n) is 39.4. The van der Waals surface area contributed by atoms with Gasteiger partial charge in [-0.2, -0.15) is 0 Å². The maximum atomic E-state index is 6.36. The smallest absolute Gasteiger partial charge is 0.137 e. The number of hydrogen-bond donors (Lipinski definition) is 0. The highest BCUT2D eigenvalue weighted by Crippen LogP contribution is 2.59. The van der Waals surface area contributed by atoms with Crippen LogP contribution in [0.2, 0.25) is 0 Å². The molecule has 6 aromatic carbocycles. The van der Waals surface area contributed by atoms with Gasteiger partial charge in [0.15, 0.2) is 0 Å².